The number of hydrogen-bond acceptors (Lipinski definition) is 7. The monoisotopic (exact) mass is 499 g/mol. The van der Waals surface area contributed by atoms with E-state index in [9.17, 15) is 22.8 Å². The third kappa shape index (κ3) is 5.03. The van der Waals surface area contributed by atoms with Crippen molar-refractivity contribution in [2.75, 3.05) is 29.9 Å². The average molecular weight is 500 g/mol. The zero-order valence-electron chi connectivity index (χ0n) is 19.2. The number of H-pyrrole nitrogens is 1. The van der Waals surface area contributed by atoms with Crippen LogP contribution in [-0.4, -0.2) is 54.3 Å². The fraction of sp³-hybridized carbons (Fsp3) is 0.304. The minimum atomic E-state index is -3.60. The van der Waals surface area contributed by atoms with Gasteiger partial charge in [0.25, 0.3) is 0 Å². The van der Waals surface area contributed by atoms with Crippen LogP contribution in [0.3, 0.4) is 0 Å². The van der Waals surface area contributed by atoms with Crippen LogP contribution in [0.2, 0.25) is 0 Å². The van der Waals surface area contributed by atoms with Crippen molar-refractivity contribution in [1.82, 2.24) is 14.4 Å². The number of nitrogens with zero attached hydrogens (tertiary/aromatic N) is 3. The van der Waals surface area contributed by atoms with Gasteiger partial charge in [-0.05, 0) is 36.4 Å². The van der Waals surface area contributed by atoms with E-state index in [2.05, 4.69) is 20.0 Å². The van der Waals surface area contributed by atoms with Crippen LogP contribution in [0, 0.1) is 5.92 Å². The van der Waals surface area contributed by atoms with Crippen molar-refractivity contribution < 1.29 is 22.5 Å². The lowest BCUT2D eigenvalue weighted by Crippen LogP contribution is -2.31. The standard InChI is InChI=1S/C23H25N5O6S/c1-3-27(4-2)35(32,33)19-10-8-18(9-11-19)28-14-16(13-20(28)29)22(30)24-17-7-5-6-15(12-17)21-25-23(31)34-26-21/h5-12,16H,3-4,13-14H2,1-2H3,(H,24,30)(H,25,26,31). The minimum Gasteiger partial charge on any atom is -0.326 e. The van der Waals surface area contributed by atoms with Crippen LogP contribution < -0.4 is 16.0 Å². The number of sulfonamides is 1. The van der Waals surface area contributed by atoms with Gasteiger partial charge in [-0.15, -0.1) is 0 Å². The SMILES string of the molecule is CCN(CC)S(=O)(=O)c1ccc(N2CC(C(=O)Nc3cccc(-c4noc(=O)[nH]4)c3)CC2=O)cc1. The van der Waals surface area contributed by atoms with E-state index in [0.29, 0.717) is 30.0 Å². The van der Waals surface area contributed by atoms with Crippen LogP contribution in [0.4, 0.5) is 11.4 Å². The van der Waals surface area contributed by atoms with Crippen molar-refractivity contribution in [1.29, 1.82) is 0 Å². The molecule has 2 heterocycles. The Balaban J connectivity index is 1.44. The van der Waals surface area contributed by atoms with Gasteiger partial charge in [0.2, 0.25) is 21.8 Å². The summed E-state index contributed by atoms with van der Waals surface area (Å²) in [5, 5.41) is 6.42. The van der Waals surface area contributed by atoms with E-state index in [0.717, 1.165) is 0 Å². The zero-order valence-corrected chi connectivity index (χ0v) is 20.0. The molecule has 0 bridgehead atoms. The molecule has 4 rings (SSSR count). The summed E-state index contributed by atoms with van der Waals surface area (Å²) in [5.41, 5.74) is 1.56. The molecule has 2 aromatic carbocycles. The van der Waals surface area contributed by atoms with E-state index in [-0.39, 0.29) is 35.5 Å². The van der Waals surface area contributed by atoms with E-state index in [1.807, 2.05) is 0 Å². The number of benzene rings is 2. The highest BCUT2D eigenvalue weighted by Crippen LogP contribution is 2.28. The Morgan fingerprint density at radius 3 is 2.51 bits per heavy atom. The van der Waals surface area contributed by atoms with E-state index >= 15 is 0 Å². The highest BCUT2D eigenvalue weighted by Gasteiger charge is 2.35. The van der Waals surface area contributed by atoms with E-state index in [1.165, 1.54) is 21.3 Å². The molecule has 0 radical (unpaired) electrons. The summed E-state index contributed by atoms with van der Waals surface area (Å²) in [5.74, 6) is -1.58. The summed E-state index contributed by atoms with van der Waals surface area (Å²) in [6.07, 6.45) is 0.0294. The lowest BCUT2D eigenvalue weighted by Gasteiger charge is -2.20. The normalized spacial score (nSPS) is 16.1. The third-order valence-corrected chi connectivity index (χ3v) is 7.90. The topological polar surface area (TPSA) is 146 Å². The van der Waals surface area contributed by atoms with E-state index < -0.39 is 21.7 Å². The summed E-state index contributed by atoms with van der Waals surface area (Å²) in [6.45, 7) is 4.44. The second-order valence-corrected chi connectivity index (χ2v) is 9.94. The number of carbonyl (C=O) groups is 2. The number of hydrogen-bond donors (Lipinski definition) is 2. The maximum atomic E-state index is 12.8. The minimum absolute atomic E-state index is 0.0294. The molecular formula is C23H25N5O6S. The molecule has 2 N–H and O–H groups in total. The van der Waals surface area contributed by atoms with Crippen LogP contribution in [0.5, 0.6) is 0 Å². The van der Waals surface area contributed by atoms with Crippen LogP contribution in [0.15, 0.2) is 62.7 Å². The second kappa shape index (κ2) is 9.84. The first kappa shape index (κ1) is 24.4. The van der Waals surface area contributed by atoms with Crippen molar-refractivity contribution >= 4 is 33.2 Å². The Labute approximate surface area is 201 Å². The molecule has 12 heteroatoms. The van der Waals surface area contributed by atoms with Gasteiger partial charge >= 0.3 is 5.76 Å². The second-order valence-electron chi connectivity index (χ2n) is 8.00. The first-order chi connectivity index (χ1) is 16.7. The molecule has 0 spiro atoms. The van der Waals surface area contributed by atoms with Gasteiger partial charge in [-0.25, -0.2) is 13.2 Å². The van der Waals surface area contributed by atoms with Gasteiger partial charge in [0.15, 0.2) is 5.82 Å². The molecule has 184 valence electrons. The number of carbonyl (C=O) groups excluding carboxylic acids is 2. The molecule has 3 aromatic rings. The smallest absolute Gasteiger partial charge is 0.326 e. The summed E-state index contributed by atoms with van der Waals surface area (Å²) in [6, 6.07) is 12.8. The molecule has 2 amide bonds. The number of aromatic amines is 1. The van der Waals surface area contributed by atoms with Gasteiger partial charge in [-0.1, -0.05) is 31.1 Å². The number of anilines is 2. The van der Waals surface area contributed by atoms with Gasteiger partial charge < -0.3 is 10.2 Å². The molecule has 1 aromatic heterocycles. The Hall–Kier alpha value is -3.77. The Bertz CT molecular complexity index is 1390. The molecule has 1 aliphatic heterocycles. The molecular weight excluding hydrogens is 474 g/mol. The molecule has 0 aliphatic carbocycles. The van der Waals surface area contributed by atoms with Gasteiger partial charge in [0, 0.05) is 43.0 Å². The summed E-state index contributed by atoms with van der Waals surface area (Å²) in [7, 11) is -3.60. The molecule has 1 saturated heterocycles. The highest BCUT2D eigenvalue weighted by atomic mass is 32.2. The number of rotatable bonds is 8. The maximum Gasteiger partial charge on any atom is 0.439 e. The van der Waals surface area contributed by atoms with Crippen LogP contribution in [0.25, 0.3) is 11.4 Å². The quantitative estimate of drug-likeness (QED) is 0.482. The fourth-order valence-electron chi connectivity index (χ4n) is 3.99. The maximum absolute atomic E-state index is 12.8. The molecule has 11 nitrogen and oxygen atoms in total. The first-order valence-corrected chi connectivity index (χ1v) is 12.5. The van der Waals surface area contributed by atoms with E-state index in [1.54, 1.807) is 50.2 Å². The molecule has 1 unspecified atom stereocenters. The van der Waals surface area contributed by atoms with Crippen molar-refractivity contribution in [2.24, 2.45) is 5.92 Å². The summed E-state index contributed by atoms with van der Waals surface area (Å²) in [4.78, 5) is 40.7. The Kier molecular flexibility index (Phi) is 6.85. The Morgan fingerprint density at radius 2 is 1.89 bits per heavy atom. The Morgan fingerprint density at radius 1 is 1.17 bits per heavy atom. The van der Waals surface area contributed by atoms with Crippen molar-refractivity contribution in [2.45, 2.75) is 25.2 Å². The summed E-state index contributed by atoms with van der Waals surface area (Å²) < 4.78 is 31.2. The predicted molar refractivity (Wildman–Crippen MR) is 128 cm³/mol. The summed E-state index contributed by atoms with van der Waals surface area (Å²) >= 11 is 0. The van der Waals surface area contributed by atoms with Gasteiger partial charge in [0.05, 0.1) is 10.8 Å². The van der Waals surface area contributed by atoms with Crippen LogP contribution in [-0.2, 0) is 19.6 Å². The van der Waals surface area contributed by atoms with Crippen LogP contribution in [0.1, 0.15) is 20.3 Å². The number of aromatic nitrogens is 2. The number of amides is 2. The molecule has 1 fully saturated rings. The molecule has 1 aliphatic rings. The lowest BCUT2D eigenvalue weighted by molar-refractivity contribution is -0.122. The van der Waals surface area contributed by atoms with Crippen molar-refractivity contribution in [3.8, 4) is 11.4 Å². The van der Waals surface area contributed by atoms with Gasteiger partial charge in [-0.3, -0.25) is 19.1 Å². The first-order valence-electron chi connectivity index (χ1n) is 11.1. The van der Waals surface area contributed by atoms with E-state index in [4.69, 9.17) is 0 Å². The van der Waals surface area contributed by atoms with Crippen molar-refractivity contribution in [3.63, 3.8) is 0 Å². The predicted octanol–water partition coefficient (Wildman–Crippen LogP) is 2.05. The lowest BCUT2D eigenvalue weighted by atomic mass is 10.1. The fourth-order valence-corrected chi connectivity index (χ4v) is 5.44. The largest absolute Gasteiger partial charge is 0.439 e. The number of nitrogens with one attached hydrogen (secondary N) is 2. The van der Waals surface area contributed by atoms with Crippen molar-refractivity contribution in [3.05, 3.63) is 59.1 Å². The highest BCUT2D eigenvalue weighted by molar-refractivity contribution is 7.89. The van der Waals surface area contributed by atoms with Gasteiger partial charge in [0.1, 0.15) is 0 Å². The van der Waals surface area contributed by atoms with Gasteiger partial charge in [-0.2, -0.15) is 4.31 Å². The van der Waals surface area contributed by atoms with Crippen LogP contribution >= 0.6 is 0 Å². The molecule has 0 saturated carbocycles. The average Bonchev–Trinajstić information content (AvgIpc) is 3.46. The zero-order chi connectivity index (χ0) is 25.2. The molecule has 1 atom stereocenters. The molecule has 35 heavy (non-hydrogen) atoms. The third-order valence-electron chi connectivity index (χ3n) is 5.83.